The lowest BCUT2D eigenvalue weighted by molar-refractivity contribution is 0.404. The van der Waals surface area contributed by atoms with E-state index in [9.17, 15) is 15.3 Å². The summed E-state index contributed by atoms with van der Waals surface area (Å²) in [6, 6.07) is 1.35. The van der Waals surface area contributed by atoms with E-state index >= 15 is 0 Å². The van der Waals surface area contributed by atoms with Crippen molar-refractivity contribution < 1.29 is 15.3 Å². The summed E-state index contributed by atoms with van der Waals surface area (Å²) in [5, 5.41) is 30.0. The first kappa shape index (κ1) is 15.7. The van der Waals surface area contributed by atoms with Crippen molar-refractivity contribution in [2.45, 2.75) is 53.4 Å². The minimum absolute atomic E-state index is 0.0102. The maximum Gasteiger partial charge on any atom is 0.129 e. The van der Waals surface area contributed by atoms with Crippen LogP contribution in [0.4, 0.5) is 0 Å². The second-order valence-electron chi connectivity index (χ2n) is 6.09. The van der Waals surface area contributed by atoms with Crippen LogP contribution in [0.15, 0.2) is 6.07 Å². The molecule has 0 radical (unpaired) electrons. The molecule has 3 heteroatoms. The lowest BCUT2D eigenvalue weighted by Gasteiger charge is -2.15. The summed E-state index contributed by atoms with van der Waals surface area (Å²) in [4.78, 5) is 0. The molecule has 0 fully saturated rings. The molecule has 0 saturated heterocycles. The Labute approximate surface area is 115 Å². The van der Waals surface area contributed by atoms with Gasteiger partial charge in [0.15, 0.2) is 0 Å². The Morgan fingerprint density at radius 2 is 1.16 bits per heavy atom. The van der Waals surface area contributed by atoms with Gasteiger partial charge in [-0.3, -0.25) is 0 Å². The van der Waals surface area contributed by atoms with E-state index in [1.807, 2.05) is 0 Å². The zero-order chi connectivity index (χ0) is 14.6. The molecule has 19 heavy (non-hydrogen) atoms. The van der Waals surface area contributed by atoms with E-state index in [1.54, 1.807) is 0 Å². The molecule has 0 heterocycles. The Bertz CT molecular complexity index is 386. The van der Waals surface area contributed by atoms with Gasteiger partial charge in [-0.1, -0.05) is 27.7 Å². The maximum absolute atomic E-state index is 10.3. The Balaban J connectivity index is 3.00. The van der Waals surface area contributed by atoms with Crippen LogP contribution in [0.5, 0.6) is 17.2 Å². The number of hydrogen-bond donors (Lipinski definition) is 3. The Morgan fingerprint density at radius 1 is 0.789 bits per heavy atom. The first-order valence-corrected chi connectivity index (χ1v) is 7.08. The van der Waals surface area contributed by atoms with Crippen LogP contribution in [0.3, 0.4) is 0 Å². The van der Waals surface area contributed by atoms with Crippen LogP contribution in [0.25, 0.3) is 0 Å². The van der Waals surface area contributed by atoms with E-state index in [4.69, 9.17) is 0 Å². The van der Waals surface area contributed by atoms with Crippen molar-refractivity contribution in [3.63, 3.8) is 0 Å². The molecule has 3 N–H and O–H groups in total. The predicted octanol–water partition coefficient (Wildman–Crippen LogP) is 3.98. The van der Waals surface area contributed by atoms with Crippen molar-refractivity contribution in [2.75, 3.05) is 0 Å². The third-order valence-corrected chi connectivity index (χ3v) is 3.41. The number of phenolic OH excluding ortho intramolecular Hbond substituents is 3. The number of hydrogen-bond acceptors (Lipinski definition) is 3. The van der Waals surface area contributed by atoms with Crippen molar-refractivity contribution in [1.29, 1.82) is 0 Å². The number of aromatic hydroxyl groups is 3. The monoisotopic (exact) mass is 266 g/mol. The largest absolute Gasteiger partial charge is 0.507 e. The topological polar surface area (TPSA) is 60.7 Å². The minimum Gasteiger partial charge on any atom is -0.507 e. The Hall–Kier alpha value is -1.38. The molecule has 0 amide bonds. The summed E-state index contributed by atoms with van der Waals surface area (Å²) in [7, 11) is 0. The minimum atomic E-state index is -0.0102. The lowest BCUT2D eigenvalue weighted by atomic mass is 9.95. The molecule has 0 aromatic heterocycles. The van der Waals surface area contributed by atoms with E-state index in [-0.39, 0.29) is 17.2 Å². The average Bonchev–Trinajstić information content (AvgIpc) is 2.27. The van der Waals surface area contributed by atoms with Gasteiger partial charge >= 0.3 is 0 Å². The zero-order valence-corrected chi connectivity index (χ0v) is 12.4. The van der Waals surface area contributed by atoms with Gasteiger partial charge in [0.2, 0.25) is 0 Å². The van der Waals surface area contributed by atoms with Gasteiger partial charge in [-0.15, -0.1) is 0 Å². The fourth-order valence-electron chi connectivity index (χ4n) is 2.09. The summed E-state index contributed by atoms with van der Waals surface area (Å²) in [6.45, 7) is 8.42. The molecule has 0 spiro atoms. The third kappa shape index (κ3) is 4.34. The van der Waals surface area contributed by atoms with Crippen molar-refractivity contribution >= 4 is 0 Å². The first-order chi connectivity index (χ1) is 8.82. The van der Waals surface area contributed by atoms with E-state index in [0.29, 0.717) is 35.8 Å². The molecule has 3 nitrogen and oxygen atoms in total. The van der Waals surface area contributed by atoms with Gasteiger partial charge in [-0.25, -0.2) is 0 Å². The summed E-state index contributed by atoms with van der Waals surface area (Å²) < 4.78 is 0. The van der Waals surface area contributed by atoms with E-state index in [2.05, 4.69) is 27.7 Å². The van der Waals surface area contributed by atoms with Gasteiger partial charge in [0.25, 0.3) is 0 Å². The highest BCUT2D eigenvalue weighted by Crippen LogP contribution is 2.39. The van der Waals surface area contributed by atoms with Crippen LogP contribution in [-0.2, 0) is 12.8 Å². The predicted molar refractivity (Wildman–Crippen MR) is 77.8 cm³/mol. The Morgan fingerprint density at radius 3 is 1.47 bits per heavy atom. The van der Waals surface area contributed by atoms with Crippen LogP contribution in [0, 0.1) is 11.8 Å². The molecule has 0 atom stereocenters. The highest BCUT2D eigenvalue weighted by Gasteiger charge is 2.17. The fourth-order valence-corrected chi connectivity index (χ4v) is 2.09. The molecule has 0 unspecified atom stereocenters. The molecule has 1 aromatic carbocycles. The molecular formula is C16H26O3. The van der Waals surface area contributed by atoms with Crippen molar-refractivity contribution in [2.24, 2.45) is 11.8 Å². The van der Waals surface area contributed by atoms with Gasteiger partial charge in [0, 0.05) is 17.2 Å². The van der Waals surface area contributed by atoms with Crippen molar-refractivity contribution in [1.82, 2.24) is 0 Å². The van der Waals surface area contributed by atoms with Gasteiger partial charge in [0.05, 0.1) is 0 Å². The van der Waals surface area contributed by atoms with Gasteiger partial charge in [0.1, 0.15) is 17.2 Å². The summed E-state index contributed by atoms with van der Waals surface area (Å²) >= 11 is 0. The quantitative estimate of drug-likeness (QED) is 0.730. The maximum atomic E-state index is 10.3. The van der Waals surface area contributed by atoms with Crippen LogP contribution in [-0.4, -0.2) is 15.3 Å². The average molecular weight is 266 g/mol. The first-order valence-electron chi connectivity index (χ1n) is 7.08. The third-order valence-electron chi connectivity index (χ3n) is 3.41. The standard InChI is InChI=1S/C16H26O3/c1-10(2)5-7-12-14(17)9-15(18)13(16(12)19)8-6-11(3)4/h9-11,17-19H,5-8H2,1-4H3. The molecular weight excluding hydrogens is 240 g/mol. The lowest BCUT2D eigenvalue weighted by Crippen LogP contribution is -1.98. The molecule has 1 aromatic rings. The van der Waals surface area contributed by atoms with E-state index < -0.39 is 0 Å². The molecule has 1 rings (SSSR count). The molecule has 0 saturated carbocycles. The molecule has 0 aliphatic rings. The van der Waals surface area contributed by atoms with Gasteiger partial charge < -0.3 is 15.3 Å². The van der Waals surface area contributed by atoms with Gasteiger partial charge in [-0.05, 0) is 37.5 Å². The summed E-state index contributed by atoms with van der Waals surface area (Å²) in [5.41, 5.74) is 1.12. The highest BCUT2D eigenvalue weighted by molar-refractivity contribution is 5.55. The van der Waals surface area contributed by atoms with Gasteiger partial charge in [-0.2, -0.15) is 0 Å². The molecule has 0 bridgehead atoms. The molecule has 0 aliphatic carbocycles. The highest BCUT2D eigenvalue weighted by atomic mass is 16.3. The second-order valence-corrected chi connectivity index (χ2v) is 6.09. The Kier molecular flexibility index (Phi) is 5.52. The SMILES string of the molecule is CC(C)CCc1c(O)cc(O)c(CCC(C)C)c1O. The van der Waals surface area contributed by atoms with E-state index in [0.717, 1.165) is 12.8 Å². The summed E-state index contributed by atoms with van der Waals surface area (Å²) in [6.07, 6.45) is 3.06. The van der Waals surface area contributed by atoms with Crippen LogP contribution >= 0.6 is 0 Å². The van der Waals surface area contributed by atoms with Crippen LogP contribution in [0.2, 0.25) is 0 Å². The summed E-state index contributed by atoms with van der Waals surface area (Å²) in [5.74, 6) is 1.06. The van der Waals surface area contributed by atoms with Crippen LogP contribution in [0.1, 0.15) is 51.7 Å². The smallest absolute Gasteiger partial charge is 0.129 e. The second kappa shape index (κ2) is 6.69. The zero-order valence-electron chi connectivity index (χ0n) is 12.4. The molecule has 108 valence electrons. The number of phenols is 3. The van der Waals surface area contributed by atoms with Crippen molar-refractivity contribution in [3.8, 4) is 17.2 Å². The fraction of sp³-hybridized carbons (Fsp3) is 0.625. The normalized spacial score (nSPS) is 11.5. The molecule has 0 aliphatic heterocycles. The number of rotatable bonds is 6. The number of benzene rings is 1. The van der Waals surface area contributed by atoms with E-state index in [1.165, 1.54) is 6.07 Å². The van der Waals surface area contributed by atoms with Crippen LogP contribution < -0.4 is 0 Å². The van der Waals surface area contributed by atoms with Crippen molar-refractivity contribution in [3.05, 3.63) is 17.2 Å².